The lowest BCUT2D eigenvalue weighted by molar-refractivity contribution is 0.290. The first-order valence-corrected chi connectivity index (χ1v) is 9.30. The van der Waals surface area contributed by atoms with E-state index < -0.39 is 0 Å². The van der Waals surface area contributed by atoms with Crippen LogP contribution in [0.15, 0.2) is 72.0 Å². The van der Waals surface area contributed by atoms with Crippen molar-refractivity contribution in [3.63, 3.8) is 0 Å². The average Bonchev–Trinajstić information content (AvgIpc) is 3.13. The maximum atomic E-state index is 5.94. The van der Waals surface area contributed by atoms with Gasteiger partial charge in [-0.05, 0) is 23.8 Å². The van der Waals surface area contributed by atoms with Crippen LogP contribution >= 0.6 is 0 Å². The van der Waals surface area contributed by atoms with E-state index in [1.165, 1.54) is 5.69 Å². The van der Waals surface area contributed by atoms with Crippen molar-refractivity contribution in [3.8, 4) is 5.88 Å². The fourth-order valence-electron chi connectivity index (χ4n) is 2.95. The molecule has 146 valence electrons. The second kappa shape index (κ2) is 9.60. The number of nitrogens with one attached hydrogen (secondary N) is 1. The van der Waals surface area contributed by atoms with Crippen LogP contribution in [0.4, 0.5) is 0 Å². The Balaban J connectivity index is 1.60. The molecule has 0 bridgehead atoms. The second-order valence-electron chi connectivity index (χ2n) is 6.61. The van der Waals surface area contributed by atoms with Crippen LogP contribution in [-0.2, 0) is 26.7 Å². The Labute approximate surface area is 166 Å². The Bertz CT molecular complexity index is 904. The van der Waals surface area contributed by atoms with Gasteiger partial charge in [-0.15, -0.1) is 0 Å². The fourth-order valence-corrected chi connectivity index (χ4v) is 2.95. The van der Waals surface area contributed by atoms with Crippen molar-refractivity contribution in [3.05, 3.63) is 83.8 Å². The van der Waals surface area contributed by atoms with Crippen molar-refractivity contribution < 1.29 is 4.74 Å². The van der Waals surface area contributed by atoms with Gasteiger partial charge in [0.1, 0.15) is 6.61 Å². The van der Waals surface area contributed by atoms with Crippen LogP contribution in [0.25, 0.3) is 0 Å². The van der Waals surface area contributed by atoms with Crippen molar-refractivity contribution in [2.45, 2.75) is 19.7 Å². The quantitative estimate of drug-likeness (QED) is 0.507. The van der Waals surface area contributed by atoms with E-state index in [-0.39, 0.29) is 0 Å². The van der Waals surface area contributed by atoms with Gasteiger partial charge in [0, 0.05) is 51.3 Å². The van der Waals surface area contributed by atoms with Gasteiger partial charge in [-0.25, -0.2) is 4.98 Å². The summed E-state index contributed by atoms with van der Waals surface area (Å²) in [6.45, 7) is 1.85. The van der Waals surface area contributed by atoms with Crippen LogP contribution in [-0.4, -0.2) is 34.5 Å². The number of ether oxygens (including phenoxy) is 1. The SMILES string of the molecule is CN=C(NCc1cccnc1OCc1ccccc1)N(C)Cc1cccn1C. The van der Waals surface area contributed by atoms with Crippen molar-refractivity contribution in [1.82, 2.24) is 19.8 Å². The molecule has 0 radical (unpaired) electrons. The summed E-state index contributed by atoms with van der Waals surface area (Å²) in [6, 6.07) is 18.2. The molecule has 0 amide bonds. The molecule has 0 fully saturated rings. The highest BCUT2D eigenvalue weighted by molar-refractivity contribution is 5.79. The Morgan fingerprint density at radius 1 is 1.14 bits per heavy atom. The molecule has 0 saturated carbocycles. The number of rotatable bonds is 7. The maximum Gasteiger partial charge on any atom is 0.218 e. The van der Waals surface area contributed by atoms with E-state index in [0.717, 1.165) is 23.6 Å². The van der Waals surface area contributed by atoms with Gasteiger partial charge in [0.15, 0.2) is 5.96 Å². The Hall–Kier alpha value is -3.28. The van der Waals surface area contributed by atoms with Crippen molar-refractivity contribution in [1.29, 1.82) is 0 Å². The summed E-state index contributed by atoms with van der Waals surface area (Å²) in [5, 5.41) is 3.40. The number of pyridine rings is 1. The number of aryl methyl sites for hydroxylation is 1. The molecule has 0 aliphatic carbocycles. The zero-order valence-corrected chi connectivity index (χ0v) is 16.7. The summed E-state index contributed by atoms with van der Waals surface area (Å²) >= 11 is 0. The number of benzene rings is 1. The number of aliphatic imine (C=N–C) groups is 1. The number of hydrogen-bond donors (Lipinski definition) is 1. The van der Waals surface area contributed by atoms with E-state index in [9.17, 15) is 0 Å². The third kappa shape index (κ3) is 5.13. The molecule has 1 aromatic carbocycles. The first kappa shape index (κ1) is 19.5. The van der Waals surface area contributed by atoms with Gasteiger partial charge in [-0.1, -0.05) is 36.4 Å². The Kier molecular flexibility index (Phi) is 6.68. The minimum Gasteiger partial charge on any atom is -0.473 e. The second-order valence-corrected chi connectivity index (χ2v) is 6.61. The van der Waals surface area contributed by atoms with E-state index in [1.54, 1.807) is 13.2 Å². The molecule has 3 aromatic rings. The number of guanidine groups is 1. The molecule has 2 heterocycles. The number of hydrogen-bond acceptors (Lipinski definition) is 3. The van der Waals surface area contributed by atoms with Gasteiger partial charge in [-0.3, -0.25) is 4.99 Å². The first-order valence-electron chi connectivity index (χ1n) is 9.30. The molecule has 0 spiro atoms. The minimum absolute atomic E-state index is 0.493. The van der Waals surface area contributed by atoms with Gasteiger partial charge >= 0.3 is 0 Å². The maximum absolute atomic E-state index is 5.94. The van der Waals surface area contributed by atoms with Crippen LogP contribution < -0.4 is 10.1 Å². The van der Waals surface area contributed by atoms with Crippen LogP contribution in [0, 0.1) is 0 Å². The van der Waals surface area contributed by atoms with Crippen LogP contribution in [0.3, 0.4) is 0 Å². The lowest BCUT2D eigenvalue weighted by Gasteiger charge is -2.22. The predicted octanol–water partition coefficient (Wildman–Crippen LogP) is 3.21. The predicted molar refractivity (Wildman–Crippen MR) is 112 cm³/mol. The summed E-state index contributed by atoms with van der Waals surface area (Å²) in [7, 11) is 5.86. The highest BCUT2D eigenvalue weighted by atomic mass is 16.5. The van der Waals surface area contributed by atoms with Gasteiger partial charge in [0.25, 0.3) is 0 Å². The first-order chi connectivity index (χ1) is 13.7. The zero-order valence-electron chi connectivity index (χ0n) is 16.7. The van der Waals surface area contributed by atoms with Crippen molar-refractivity contribution in [2.24, 2.45) is 12.0 Å². The average molecular weight is 377 g/mol. The largest absolute Gasteiger partial charge is 0.473 e. The normalized spacial score (nSPS) is 11.3. The van der Waals surface area contributed by atoms with Crippen molar-refractivity contribution >= 4 is 5.96 Å². The topological polar surface area (TPSA) is 54.7 Å². The highest BCUT2D eigenvalue weighted by Crippen LogP contribution is 2.16. The molecular weight excluding hydrogens is 350 g/mol. The summed E-state index contributed by atoms with van der Waals surface area (Å²) in [4.78, 5) is 10.9. The smallest absolute Gasteiger partial charge is 0.218 e. The van der Waals surface area contributed by atoms with Crippen LogP contribution in [0.1, 0.15) is 16.8 Å². The number of aromatic nitrogens is 2. The lowest BCUT2D eigenvalue weighted by atomic mass is 10.2. The molecule has 6 heteroatoms. The third-order valence-corrected chi connectivity index (χ3v) is 4.53. The minimum atomic E-state index is 0.493. The molecule has 1 N–H and O–H groups in total. The molecule has 28 heavy (non-hydrogen) atoms. The summed E-state index contributed by atoms with van der Waals surface area (Å²) in [5.74, 6) is 1.46. The summed E-state index contributed by atoms with van der Waals surface area (Å²) in [5.41, 5.74) is 3.33. The number of nitrogens with zero attached hydrogens (tertiary/aromatic N) is 4. The lowest BCUT2D eigenvalue weighted by Crippen LogP contribution is -2.38. The monoisotopic (exact) mass is 377 g/mol. The molecule has 0 atom stereocenters. The standard InChI is InChI=1S/C22H27N5O/c1-23-22(27(3)16-20-12-8-14-26(20)2)25-15-19-11-7-13-24-21(19)28-17-18-9-5-4-6-10-18/h4-14H,15-17H2,1-3H3,(H,23,25). The van der Waals surface area contributed by atoms with Gasteiger partial charge in [0.05, 0.1) is 6.54 Å². The van der Waals surface area contributed by atoms with Crippen LogP contribution in [0.2, 0.25) is 0 Å². The Morgan fingerprint density at radius 3 is 2.68 bits per heavy atom. The third-order valence-electron chi connectivity index (χ3n) is 4.53. The van der Waals surface area contributed by atoms with Gasteiger partial charge < -0.3 is 19.5 Å². The summed E-state index contributed by atoms with van der Waals surface area (Å²) < 4.78 is 8.05. The van der Waals surface area contributed by atoms with E-state index in [2.05, 4.69) is 30.8 Å². The van der Waals surface area contributed by atoms with E-state index in [1.807, 2.05) is 68.8 Å². The molecule has 0 aliphatic rings. The van der Waals surface area contributed by atoms with E-state index in [4.69, 9.17) is 4.74 Å². The Morgan fingerprint density at radius 2 is 1.96 bits per heavy atom. The molecule has 6 nitrogen and oxygen atoms in total. The van der Waals surface area contributed by atoms with E-state index in [0.29, 0.717) is 19.0 Å². The molecule has 3 rings (SSSR count). The molecule has 2 aromatic heterocycles. The highest BCUT2D eigenvalue weighted by Gasteiger charge is 2.11. The molecular formula is C22H27N5O. The van der Waals surface area contributed by atoms with Crippen LogP contribution in [0.5, 0.6) is 5.88 Å². The van der Waals surface area contributed by atoms with Gasteiger partial charge in [-0.2, -0.15) is 0 Å². The molecule has 0 saturated heterocycles. The zero-order chi connectivity index (χ0) is 19.8. The molecule has 0 unspecified atom stereocenters. The van der Waals surface area contributed by atoms with Crippen molar-refractivity contribution in [2.75, 3.05) is 14.1 Å². The van der Waals surface area contributed by atoms with E-state index >= 15 is 0 Å². The van der Waals surface area contributed by atoms with Gasteiger partial charge in [0.2, 0.25) is 5.88 Å². The molecule has 0 aliphatic heterocycles. The summed E-state index contributed by atoms with van der Waals surface area (Å²) in [6.07, 6.45) is 3.80. The fraction of sp³-hybridized carbons (Fsp3) is 0.273.